The van der Waals surface area contributed by atoms with Crippen LogP contribution in [0.25, 0.3) is 0 Å². The minimum absolute atomic E-state index is 0.200. The molecule has 0 aromatic heterocycles. The van der Waals surface area contributed by atoms with E-state index < -0.39 is 0 Å². The SMILES string of the molecule is CCOOC(CS)COOCCCS. The third kappa shape index (κ3) is 9.11. The van der Waals surface area contributed by atoms with E-state index in [1.807, 2.05) is 6.92 Å². The maximum Gasteiger partial charge on any atom is 0.128 e. The summed E-state index contributed by atoms with van der Waals surface area (Å²) >= 11 is 8.11. The van der Waals surface area contributed by atoms with E-state index in [2.05, 4.69) is 25.3 Å². The molecule has 0 aliphatic rings. The second-order valence-corrected chi connectivity index (χ2v) is 3.30. The summed E-state index contributed by atoms with van der Waals surface area (Å²) in [6.45, 7) is 3.21. The van der Waals surface area contributed by atoms with Gasteiger partial charge in [-0.3, -0.25) is 0 Å². The molecule has 0 aromatic rings. The van der Waals surface area contributed by atoms with Gasteiger partial charge in [0.15, 0.2) is 0 Å². The molecule has 1 atom stereocenters. The first-order chi connectivity index (χ1) is 6.85. The first-order valence-corrected chi connectivity index (χ1v) is 5.86. The monoisotopic (exact) mass is 242 g/mol. The average Bonchev–Trinajstić information content (AvgIpc) is 2.22. The maximum absolute atomic E-state index is 4.95. The molecular formula is C8H18O4S2. The molecule has 86 valence electrons. The average molecular weight is 242 g/mol. The van der Waals surface area contributed by atoms with Crippen LogP contribution in [0.5, 0.6) is 0 Å². The van der Waals surface area contributed by atoms with Crippen LogP contribution in [-0.4, -0.2) is 37.4 Å². The number of hydrogen-bond donors (Lipinski definition) is 2. The van der Waals surface area contributed by atoms with E-state index in [4.69, 9.17) is 19.6 Å². The van der Waals surface area contributed by atoms with Crippen LogP contribution in [0, 0.1) is 0 Å². The van der Waals surface area contributed by atoms with Gasteiger partial charge in [-0.15, -0.1) is 0 Å². The highest BCUT2D eigenvalue weighted by Crippen LogP contribution is 1.98. The number of thiol groups is 2. The smallest absolute Gasteiger partial charge is 0.128 e. The van der Waals surface area contributed by atoms with E-state index in [1.54, 1.807) is 0 Å². The zero-order valence-corrected chi connectivity index (χ0v) is 10.1. The highest BCUT2D eigenvalue weighted by Gasteiger charge is 2.08. The Morgan fingerprint density at radius 1 is 1.14 bits per heavy atom. The van der Waals surface area contributed by atoms with Crippen LogP contribution >= 0.6 is 25.3 Å². The van der Waals surface area contributed by atoms with Crippen molar-refractivity contribution >= 4 is 25.3 Å². The Hall–Kier alpha value is 0.540. The summed E-state index contributed by atoms with van der Waals surface area (Å²) in [6.07, 6.45) is 0.662. The first-order valence-electron chi connectivity index (χ1n) is 4.59. The molecule has 0 amide bonds. The van der Waals surface area contributed by atoms with E-state index in [0.717, 1.165) is 12.2 Å². The fraction of sp³-hybridized carbons (Fsp3) is 1.00. The Kier molecular flexibility index (Phi) is 12.1. The normalized spacial score (nSPS) is 13.1. The molecule has 0 saturated heterocycles. The molecule has 0 aliphatic carbocycles. The van der Waals surface area contributed by atoms with Gasteiger partial charge < -0.3 is 0 Å². The third-order valence-electron chi connectivity index (χ3n) is 1.25. The van der Waals surface area contributed by atoms with E-state index >= 15 is 0 Å². The molecule has 0 fully saturated rings. The van der Waals surface area contributed by atoms with Crippen LogP contribution in [0.4, 0.5) is 0 Å². The summed E-state index contributed by atoms with van der Waals surface area (Å²) in [6, 6.07) is 0. The van der Waals surface area contributed by atoms with Crippen LogP contribution in [0.3, 0.4) is 0 Å². The predicted molar refractivity (Wildman–Crippen MR) is 60.7 cm³/mol. The van der Waals surface area contributed by atoms with Gasteiger partial charge in [-0.25, -0.2) is 19.6 Å². The zero-order valence-electron chi connectivity index (χ0n) is 8.35. The Morgan fingerprint density at radius 2 is 1.93 bits per heavy atom. The second-order valence-electron chi connectivity index (χ2n) is 2.49. The Morgan fingerprint density at radius 3 is 2.50 bits per heavy atom. The standard InChI is InChI=1S/C8H18O4S2/c1-2-9-12-8(7-14)6-11-10-4-3-5-13/h8,13-14H,2-7H2,1H3. The molecule has 1 unspecified atom stereocenters. The number of rotatable bonds is 10. The summed E-state index contributed by atoms with van der Waals surface area (Å²) in [4.78, 5) is 19.5. The molecule has 0 aliphatic heterocycles. The van der Waals surface area contributed by atoms with Crippen molar-refractivity contribution in [2.45, 2.75) is 19.4 Å². The van der Waals surface area contributed by atoms with Crippen molar-refractivity contribution in [1.29, 1.82) is 0 Å². The molecule has 0 rings (SSSR count). The van der Waals surface area contributed by atoms with E-state index in [0.29, 0.717) is 25.6 Å². The first kappa shape index (κ1) is 14.5. The van der Waals surface area contributed by atoms with Crippen molar-refractivity contribution in [1.82, 2.24) is 0 Å². The molecule has 0 bridgehead atoms. The summed E-state index contributed by atoms with van der Waals surface area (Å²) in [5.74, 6) is 1.31. The minimum atomic E-state index is -0.200. The lowest BCUT2D eigenvalue weighted by Gasteiger charge is -2.12. The predicted octanol–water partition coefficient (Wildman–Crippen LogP) is 1.52. The lowest BCUT2D eigenvalue weighted by Crippen LogP contribution is -2.22. The minimum Gasteiger partial charge on any atom is -0.237 e. The summed E-state index contributed by atoms with van der Waals surface area (Å²) in [5, 5.41) is 0. The van der Waals surface area contributed by atoms with Crippen molar-refractivity contribution in [2.75, 3.05) is 31.3 Å². The molecule has 0 aromatic carbocycles. The highest BCUT2D eigenvalue weighted by molar-refractivity contribution is 7.80. The van der Waals surface area contributed by atoms with E-state index in [1.165, 1.54) is 0 Å². The highest BCUT2D eigenvalue weighted by atomic mass is 32.1. The molecule has 0 radical (unpaired) electrons. The van der Waals surface area contributed by atoms with Crippen LogP contribution in [0.2, 0.25) is 0 Å². The lowest BCUT2D eigenvalue weighted by atomic mass is 10.4. The van der Waals surface area contributed by atoms with Crippen molar-refractivity contribution in [2.24, 2.45) is 0 Å². The van der Waals surface area contributed by atoms with Crippen molar-refractivity contribution in [3.05, 3.63) is 0 Å². The summed E-state index contributed by atoms with van der Waals surface area (Å²) in [7, 11) is 0. The van der Waals surface area contributed by atoms with Crippen LogP contribution in [-0.2, 0) is 19.6 Å². The van der Waals surface area contributed by atoms with Gasteiger partial charge in [0.05, 0.1) is 13.2 Å². The molecule has 0 spiro atoms. The molecular weight excluding hydrogens is 224 g/mol. The summed E-state index contributed by atoms with van der Waals surface area (Å²) in [5.41, 5.74) is 0. The van der Waals surface area contributed by atoms with Gasteiger partial charge in [0.25, 0.3) is 0 Å². The van der Waals surface area contributed by atoms with Gasteiger partial charge in [-0.05, 0) is 19.1 Å². The Balaban J connectivity index is 3.24. The molecule has 14 heavy (non-hydrogen) atoms. The Bertz CT molecular complexity index is 116. The summed E-state index contributed by atoms with van der Waals surface area (Å²) < 4.78 is 0. The topological polar surface area (TPSA) is 36.9 Å². The van der Waals surface area contributed by atoms with E-state index in [9.17, 15) is 0 Å². The van der Waals surface area contributed by atoms with Crippen molar-refractivity contribution in [3.8, 4) is 0 Å². The molecule has 0 saturated carbocycles. The molecule has 6 heteroatoms. The fourth-order valence-electron chi connectivity index (χ4n) is 0.582. The third-order valence-corrected chi connectivity index (χ3v) is 1.97. The van der Waals surface area contributed by atoms with Gasteiger partial charge in [0.1, 0.15) is 12.7 Å². The van der Waals surface area contributed by atoms with Gasteiger partial charge >= 0.3 is 0 Å². The maximum atomic E-state index is 4.95. The zero-order chi connectivity index (χ0) is 10.6. The van der Waals surface area contributed by atoms with Crippen LogP contribution in [0.15, 0.2) is 0 Å². The van der Waals surface area contributed by atoms with Gasteiger partial charge in [0, 0.05) is 5.75 Å². The van der Waals surface area contributed by atoms with Gasteiger partial charge in [0.2, 0.25) is 0 Å². The van der Waals surface area contributed by atoms with Crippen LogP contribution < -0.4 is 0 Å². The number of hydrogen-bond acceptors (Lipinski definition) is 6. The molecule has 0 N–H and O–H groups in total. The largest absolute Gasteiger partial charge is 0.237 e. The van der Waals surface area contributed by atoms with Crippen molar-refractivity contribution < 1.29 is 19.6 Å². The quantitative estimate of drug-likeness (QED) is 0.264. The lowest BCUT2D eigenvalue weighted by molar-refractivity contribution is -0.360. The molecule has 4 nitrogen and oxygen atoms in total. The Labute approximate surface area is 95.9 Å². The molecule has 0 heterocycles. The van der Waals surface area contributed by atoms with Crippen LogP contribution in [0.1, 0.15) is 13.3 Å². The van der Waals surface area contributed by atoms with Gasteiger partial charge in [-0.2, -0.15) is 25.3 Å². The van der Waals surface area contributed by atoms with Crippen molar-refractivity contribution in [3.63, 3.8) is 0 Å². The van der Waals surface area contributed by atoms with E-state index in [-0.39, 0.29) is 6.10 Å². The second kappa shape index (κ2) is 11.6. The fourth-order valence-corrected chi connectivity index (χ4v) is 0.877. The van der Waals surface area contributed by atoms with Gasteiger partial charge in [-0.1, -0.05) is 0 Å².